The first kappa shape index (κ1) is 11.5. The van der Waals surface area contributed by atoms with Gasteiger partial charge in [0.25, 0.3) is 5.22 Å². The van der Waals surface area contributed by atoms with Gasteiger partial charge in [0.1, 0.15) is 6.26 Å². The van der Waals surface area contributed by atoms with Gasteiger partial charge < -0.3 is 10.2 Å². The van der Waals surface area contributed by atoms with Crippen LogP contribution < -0.4 is 5.73 Å². The van der Waals surface area contributed by atoms with Crippen LogP contribution in [0.2, 0.25) is 5.02 Å². The number of halogens is 1. The molecule has 16 heavy (non-hydrogen) atoms. The van der Waals surface area contributed by atoms with Gasteiger partial charge in [-0.2, -0.15) is 0 Å². The Hall–Kier alpha value is -0.970. The Kier molecular flexibility index (Phi) is 3.88. The maximum Gasteiger partial charge on any atom is 0.260 e. The molecule has 0 spiro atoms. The van der Waals surface area contributed by atoms with Gasteiger partial charge in [-0.3, -0.25) is 0 Å². The van der Waals surface area contributed by atoms with Crippen LogP contribution in [0.4, 0.5) is 0 Å². The second kappa shape index (κ2) is 5.39. The van der Waals surface area contributed by atoms with Crippen molar-refractivity contribution in [2.75, 3.05) is 6.54 Å². The Balaban J connectivity index is 2.26. The first-order valence-electron chi connectivity index (χ1n) is 4.85. The molecular formula is C11H11ClN2OS. The molecule has 0 fully saturated rings. The van der Waals surface area contributed by atoms with Gasteiger partial charge in [-0.15, -0.1) is 0 Å². The van der Waals surface area contributed by atoms with Crippen molar-refractivity contribution in [2.24, 2.45) is 5.73 Å². The van der Waals surface area contributed by atoms with Crippen molar-refractivity contribution in [3.8, 4) is 0 Å². The summed E-state index contributed by atoms with van der Waals surface area (Å²) in [4.78, 5) is 5.11. The zero-order valence-electron chi connectivity index (χ0n) is 8.52. The number of hydrogen-bond donors (Lipinski definition) is 1. The highest BCUT2D eigenvalue weighted by molar-refractivity contribution is 7.99. The van der Waals surface area contributed by atoms with E-state index < -0.39 is 0 Å². The van der Waals surface area contributed by atoms with Crippen molar-refractivity contribution >= 4 is 23.4 Å². The summed E-state index contributed by atoms with van der Waals surface area (Å²) in [6.07, 6.45) is 3.99. The number of benzene rings is 1. The fourth-order valence-corrected chi connectivity index (χ4v) is 2.47. The molecule has 3 nitrogen and oxygen atoms in total. The lowest BCUT2D eigenvalue weighted by Gasteiger charge is -2.06. The summed E-state index contributed by atoms with van der Waals surface area (Å²) in [5.41, 5.74) is 6.72. The number of aromatic nitrogens is 1. The van der Waals surface area contributed by atoms with Gasteiger partial charge in [-0.25, -0.2) is 4.98 Å². The summed E-state index contributed by atoms with van der Waals surface area (Å²) in [7, 11) is 0. The zero-order chi connectivity index (χ0) is 11.4. The molecule has 0 radical (unpaired) electrons. The van der Waals surface area contributed by atoms with Crippen LogP contribution in [0, 0.1) is 0 Å². The Morgan fingerprint density at radius 1 is 1.44 bits per heavy atom. The van der Waals surface area contributed by atoms with Crippen LogP contribution in [-0.2, 0) is 6.42 Å². The molecular weight excluding hydrogens is 244 g/mol. The standard InChI is InChI=1S/C11H11ClN2OS/c12-9-2-1-8(3-4-13)10(7-9)16-11-14-5-6-15-11/h1-2,5-7H,3-4,13H2. The summed E-state index contributed by atoms with van der Waals surface area (Å²) in [5, 5.41) is 1.32. The molecule has 1 aromatic heterocycles. The van der Waals surface area contributed by atoms with Crippen LogP contribution in [0.3, 0.4) is 0 Å². The maximum atomic E-state index is 5.96. The van der Waals surface area contributed by atoms with Crippen molar-refractivity contribution in [3.63, 3.8) is 0 Å². The third-order valence-corrected chi connectivity index (χ3v) is 3.26. The fraction of sp³-hybridized carbons (Fsp3) is 0.182. The third kappa shape index (κ3) is 2.78. The molecule has 5 heteroatoms. The topological polar surface area (TPSA) is 52.0 Å². The van der Waals surface area contributed by atoms with E-state index in [0.29, 0.717) is 16.8 Å². The van der Waals surface area contributed by atoms with Crippen molar-refractivity contribution < 1.29 is 4.42 Å². The second-order valence-corrected chi connectivity index (χ2v) is 4.62. The van der Waals surface area contributed by atoms with Crippen LogP contribution >= 0.6 is 23.4 Å². The van der Waals surface area contributed by atoms with Gasteiger partial charge in [0.05, 0.1) is 6.20 Å². The van der Waals surface area contributed by atoms with Gasteiger partial charge in [-0.1, -0.05) is 17.7 Å². The summed E-state index contributed by atoms with van der Waals surface area (Å²) >= 11 is 7.42. The van der Waals surface area contributed by atoms with E-state index >= 15 is 0 Å². The molecule has 2 N–H and O–H groups in total. The normalized spacial score (nSPS) is 10.6. The minimum absolute atomic E-state index is 0.612. The van der Waals surface area contributed by atoms with Gasteiger partial charge in [0, 0.05) is 9.92 Å². The summed E-state index contributed by atoms with van der Waals surface area (Å²) < 4.78 is 5.19. The summed E-state index contributed by atoms with van der Waals surface area (Å²) in [6, 6.07) is 5.76. The number of nitrogens with two attached hydrogens (primary N) is 1. The highest BCUT2D eigenvalue weighted by Gasteiger charge is 2.07. The van der Waals surface area contributed by atoms with E-state index in [4.69, 9.17) is 21.8 Å². The van der Waals surface area contributed by atoms with E-state index in [2.05, 4.69) is 4.98 Å². The molecule has 0 aliphatic rings. The quantitative estimate of drug-likeness (QED) is 0.911. The van der Waals surface area contributed by atoms with Crippen LogP contribution in [0.5, 0.6) is 0 Å². The summed E-state index contributed by atoms with van der Waals surface area (Å²) in [5.74, 6) is 0. The summed E-state index contributed by atoms with van der Waals surface area (Å²) in [6.45, 7) is 0.612. The van der Waals surface area contributed by atoms with Crippen molar-refractivity contribution in [1.29, 1.82) is 0 Å². The molecule has 0 aliphatic heterocycles. The van der Waals surface area contributed by atoms with Crippen LogP contribution in [-0.4, -0.2) is 11.5 Å². The van der Waals surface area contributed by atoms with E-state index in [9.17, 15) is 0 Å². The van der Waals surface area contributed by atoms with Gasteiger partial charge >= 0.3 is 0 Å². The predicted molar refractivity (Wildman–Crippen MR) is 64.8 cm³/mol. The van der Waals surface area contributed by atoms with Crippen molar-refractivity contribution in [3.05, 3.63) is 41.2 Å². The third-order valence-electron chi connectivity index (χ3n) is 2.05. The largest absolute Gasteiger partial charge is 0.440 e. The number of oxazole rings is 1. The molecule has 84 valence electrons. The Morgan fingerprint density at radius 2 is 2.31 bits per heavy atom. The molecule has 0 saturated heterocycles. The van der Waals surface area contributed by atoms with Crippen molar-refractivity contribution in [1.82, 2.24) is 4.98 Å². The minimum atomic E-state index is 0.612. The first-order valence-corrected chi connectivity index (χ1v) is 6.05. The molecule has 1 aromatic carbocycles. The lowest BCUT2D eigenvalue weighted by molar-refractivity contribution is 0.454. The number of rotatable bonds is 4. The maximum absolute atomic E-state index is 5.96. The van der Waals surface area contributed by atoms with Crippen LogP contribution in [0.15, 0.2) is 45.2 Å². The lowest BCUT2D eigenvalue weighted by atomic mass is 10.1. The first-order chi connectivity index (χ1) is 7.79. The molecule has 0 saturated carbocycles. The van der Waals surface area contributed by atoms with Gasteiger partial charge in [0.2, 0.25) is 0 Å². The van der Waals surface area contributed by atoms with E-state index in [1.165, 1.54) is 11.8 Å². The van der Waals surface area contributed by atoms with Gasteiger partial charge in [-0.05, 0) is 42.4 Å². The van der Waals surface area contributed by atoms with Crippen LogP contribution in [0.1, 0.15) is 5.56 Å². The lowest BCUT2D eigenvalue weighted by Crippen LogP contribution is -2.03. The number of hydrogen-bond acceptors (Lipinski definition) is 4. The predicted octanol–water partition coefficient (Wildman–Crippen LogP) is 2.98. The molecule has 1 heterocycles. The Morgan fingerprint density at radius 3 is 3.00 bits per heavy atom. The van der Waals surface area contributed by atoms with E-state index in [0.717, 1.165) is 16.9 Å². The Labute approximate surface area is 103 Å². The number of nitrogens with zero attached hydrogens (tertiary/aromatic N) is 1. The highest BCUT2D eigenvalue weighted by Crippen LogP contribution is 2.31. The van der Waals surface area contributed by atoms with E-state index in [1.54, 1.807) is 12.5 Å². The fourth-order valence-electron chi connectivity index (χ4n) is 1.34. The minimum Gasteiger partial charge on any atom is -0.440 e. The molecule has 0 amide bonds. The molecule has 0 atom stereocenters. The molecule has 0 bridgehead atoms. The van der Waals surface area contributed by atoms with Crippen LogP contribution in [0.25, 0.3) is 0 Å². The highest BCUT2D eigenvalue weighted by atomic mass is 35.5. The Bertz CT molecular complexity index is 459. The smallest absolute Gasteiger partial charge is 0.260 e. The van der Waals surface area contributed by atoms with E-state index in [1.807, 2.05) is 18.2 Å². The van der Waals surface area contributed by atoms with Gasteiger partial charge in [0.15, 0.2) is 0 Å². The molecule has 0 aliphatic carbocycles. The SMILES string of the molecule is NCCc1ccc(Cl)cc1Sc1ncco1. The molecule has 0 unspecified atom stereocenters. The van der Waals surface area contributed by atoms with Crippen molar-refractivity contribution in [2.45, 2.75) is 16.5 Å². The molecule has 2 rings (SSSR count). The average Bonchev–Trinajstić information content (AvgIpc) is 2.75. The average molecular weight is 255 g/mol. The zero-order valence-corrected chi connectivity index (χ0v) is 10.1. The van der Waals surface area contributed by atoms with E-state index in [-0.39, 0.29) is 0 Å². The second-order valence-electron chi connectivity index (χ2n) is 3.19. The molecule has 2 aromatic rings. The monoisotopic (exact) mass is 254 g/mol.